The zero-order chi connectivity index (χ0) is 11.7. The van der Waals surface area contributed by atoms with Crippen molar-refractivity contribution in [1.82, 2.24) is 10.6 Å². The molecule has 0 saturated heterocycles. The predicted molar refractivity (Wildman–Crippen MR) is 71.3 cm³/mol. The van der Waals surface area contributed by atoms with E-state index in [-0.39, 0.29) is 0 Å². The Morgan fingerprint density at radius 3 is 3.00 bits per heavy atom. The van der Waals surface area contributed by atoms with Gasteiger partial charge < -0.3 is 10.6 Å². The Morgan fingerprint density at radius 1 is 1.35 bits per heavy atom. The molecule has 92 valence electrons. The van der Waals surface area contributed by atoms with Gasteiger partial charge in [0.2, 0.25) is 0 Å². The van der Waals surface area contributed by atoms with Gasteiger partial charge in [-0.25, -0.2) is 0 Å². The molecule has 1 aromatic rings. The molecule has 0 aromatic heterocycles. The number of rotatable bonds is 3. The molecule has 1 unspecified atom stereocenters. The number of fused-ring (bicyclic) bond motifs is 1. The molecule has 2 nitrogen and oxygen atoms in total. The first-order valence-corrected chi connectivity index (χ1v) is 6.89. The van der Waals surface area contributed by atoms with E-state index in [1.807, 2.05) is 0 Å². The van der Waals surface area contributed by atoms with Crippen molar-refractivity contribution in [1.29, 1.82) is 0 Å². The fourth-order valence-electron chi connectivity index (χ4n) is 2.86. The van der Waals surface area contributed by atoms with E-state index in [0.29, 0.717) is 6.04 Å². The van der Waals surface area contributed by atoms with Gasteiger partial charge in [-0.1, -0.05) is 30.2 Å². The maximum absolute atomic E-state index is 3.68. The summed E-state index contributed by atoms with van der Waals surface area (Å²) in [5.41, 5.74) is 4.44. The lowest BCUT2D eigenvalue weighted by molar-refractivity contribution is 0.319. The largest absolute Gasteiger partial charge is 0.312 e. The lowest BCUT2D eigenvalue weighted by Gasteiger charge is -2.32. The standard InChI is InChI=1S/C15H22N2/c1-11-5-6-14-12(9-11)7-8-16-15(14)10-17-13-3-2-4-13/h5-6,9,13,15-17H,2-4,7-8,10H2,1H3. The smallest absolute Gasteiger partial charge is 0.0449 e. The molecule has 2 heteroatoms. The second kappa shape index (κ2) is 4.79. The highest BCUT2D eigenvalue weighted by Crippen LogP contribution is 2.25. The van der Waals surface area contributed by atoms with Crippen LogP contribution in [-0.4, -0.2) is 19.1 Å². The lowest BCUT2D eigenvalue weighted by Crippen LogP contribution is -2.42. The molecule has 0 radical (unpaired) electrons. The van der Waals surface area contributed by atoms with Gasteiger partial charge in [0.1, 0.15) is 0 Å². The van der Waals surface area contributed by atoms with Gasteiger partial charge in [0, 0.05) is 18.6 Å². The van der Waals surface area contributed by atoms with E-state index >= 15 is 0 Å². The Bertz CT molecular complexity index is 396. The van der Waals surface area contributed by atoms with Crippen LogP contribution in [0, 0.1) is 6.92 Å². The molecule has 1 aliphatic carbocycles. The normalized spacial score (nSPS) is 24.2. The van der Waals surface area contributed by atoms with E-state index in [1.165, 1.54) is 36.8 Å². The molecule has 1 saturated carbocycles. The van der Waals surface area contributed by atoms with E-state index < -0.39 is 0 Å². The first-order valence-electron chi connectivity index (χ1n) is 6.89. The molecule has 1 heterocycles. The van der Waals surface area contributed by atoms with Gasteiger partial charge in [0.25, 0.3) is 0 Å². The summed E-state index contributed by atoms with van der Waals surface area (Å²) in [6.07, 6.45) is 5.32. The van der Waals surface area contributed by atoms with Crippen LogP contribution in [0.25, 0.3) is 0 Å². The maximum atomic E-state index is 3.68. The fraction of sp³-hybridized carbons (Fsp3) is 0.600. The average molecular weight is 230 g/mol. The second-order valence-corrected chi connectivity index (χ2v) is 5.50. The molecular formula is C15H22N2. The predicted octanol–water partition coefficient (Wildman–Crippen LogP) is 2.32. The van der Waals surface area contributed by atoms with E-state index in [4.69, 9.17) is 0 Å². The van der Waals surface area contributed by atoms with Crippen molar-refractivity contribution in [3.05, 3.63) is 34.9 Å². The van der Waals surface area contributed by atoms with Gasteiger partial charge in [0.15, 0.2) is 0 Å². The second-order valence-electron chi connectivity index (χ2n) is 5.50. The van der Waals surface area contributed by atoms with E-state index in [1.54, 1.807) is 5.56 Å². The van der Waals surface area contributed by atoms with Crippen molar-refractivity contribution in [2.45, 2.75) is 44.7 Å². The molecule has 17 heavy (non-hydrogen) atoms. The first kappa shape index (κ1) is 11.2. The number of nitrogens with one attached hydrogen (secondary N) is 2. The van der Waals surface area contributed by atoms with Crippen LogP contribution in [0.3, 0.4) is 0 Å². The highest BCUT2D eigenvalue weighted by molar-refractivity contribution is 5.36. The lowest BCUT2D eigenvalue weighted by atomic mass is 9.90. The zero-order valence-corrected chi connectivity index (χ0v) is 10.6. The van der Waals surface area contributed by atoms with Crippen LogP contribution in [0.4, 0.5) is 0 Å². The van der Waals surface area contributed by atoms with Gasteiger partial charge >= 0.3 is 0 Å². The molecule has 0 bridgehead atoms. The van der Waals surface area contributed by atoms with Gasteiger partial charge in [-0.05, 0) is 43.9 Å². The van der Waals surface area contributed by atoms with Crippen molar-refractivity contribution in [2.75, 3.05) is 13.1 Å². The van der Waals surface area contributed by atoms with E-state index in [9.17, 15) is 0 Å². The molecule has 3 rings (SSSR count). The Balaban J connectivity index is 1.69. The number of benzene rings is 1. The summed E-state index contributed by atoms with van der Waals surface area (Å²) in [7, 11) is 0. The minimum Gasteiger partial charge on any atom is -0.312 e. The van der Waals surface area contributed by atoms with Crippen LogP contribution >= 0.6 is 0 Å². The molecule has 1 fully saturated rings. The van der Waals surface area contributed by atoms with Crippen LogP contribution in [0.2, 0.25) is 0 Å². The summed E-state index contributed by atoms with van der Waals surface area (Å²) >= 11 is 0. The fourth-order valence-corrected chi connectivity index (χ4v) is 2.86. The van der Waals surface area contributed by atoms with Crippen LogP contribution in [-0.2, 0) is 6.42 Å². The minimum absolute atomic E-state index is 0.514. The van der Waals surface area contributed by atoms with Crippen molar-refractivity contribution in [3.8, 4) is 0 Å². The van der Waals surface area contributed by atoms with E-state index in [2.05, 4.69) is 35.8 Å². The third-order valence-electron chi connectivity index (χ3n) is 4.17. The molecule has 0 amide bonds. The van der Waals surface area contributed by atoms with Gasteiger partial charge in [-0.3, -0.25) is 0 Å². The minimum atomic E-state index is 0.514. The van der Waals surface area contributed by atoms with Gasteiger partial charge in [-0.15, -0.1) is 0 Å². The summed E-state index contributed by atoms with van der Waals surface area (Å²) in [6.45, 7) is 4.39. The van der Waals surface area contributed by atoms with Gasteiger partial charge in [-0.2, -0.15) is 0 Å². The highest BCUT2D eigenvalue weighted by atomic mass is 15.0. The van der Waals surface area contributed by atoms with Crippen LogP contribution < -0.4 is 10.6 Å². The summed E-state index contributed by atoms with van der Waals surface area (Å²) < 4.78 is 0. The van der Waals surface area contributed by atoms with Crippen molar-refractivity contribution < 1.29 is 0 Å². The third-order valence-corrected chi connectivity index (χ3v) is 4.17. The molecular weight excluding hydrogens is 208 g/mol. The summed E-state index contributed by atoms with van der Waals surface area (Å²) in [4.78, 5) is 0. The summed E-state index contributed by atoms with van der Waals surface area (Å²) in [6, 6.07) is 8.20. The number of hydrogen-bond donors (Lipinski definition) is 2. The molecule has 2 N–H and O–H groups in total. The van der Waals surface area contributed by atoms with E-state index in [0.717, 1.165) is 19.1 Å². The quantitative estimate of drug-likeness (QED) is 0.833. The molecule has 1 aliphatic heterocycles. The van der Waals surface area contributed by atoms with Crippen LogP contribution in [0.1, 0.15) is 42.0 Å². The Kier molecular flexibility index (Phi) is 3.17. The SMILES string of the molecule is Cc1ccc2c(c1)CCNC2CNC1CCC1. The average Bonchev–Trinajstić information content (AvgIpc) is 2.26. The Labute approximate surface area is 104 Å². The Hall–Kier alpha value is -0.860. The monoisotopic (exact) mass is 230 g/mol. The molecule has 2 aliphatic rings. The number of hydrogen-bond acceptors (Lipinski definition) is 2. The topological polar surface area (TPSA) is 24.1 Å². The summed E-state index contributed by atoms with van der Waals surface area (Å²) in [5, 5.41) is 7.32. The van der Waals surface area contributed by atoms with Crippen LogP contribution in [0.15, 0.2) is 18.2 Å². The zero-order valence-electron chi connectivity index (χ0n) is 10.6. The maximum Gasteiger partial charge on any atom is 0.0449 e. The van der Waals surface area contributed by atoms with Crippen molar-refractivity contribution >= 4 is 0 Å². The Morgan fingerprint density at radius 2 is 2.24 bits per heavy atom. The molecule has 1 aromatic carbocycles. The van der Waals surface area contributed by atoms with Crippen LogP contribution in [0.5, 0.6) is 0 Å². The highest BCUT2D eigenvalue weighted by Gasteiger charge is 2.22. The number of aryl methyl sites for hydroxylation is 1. The molecule has 1 atom stereocenters. The third kappa shape index (κ3) is 2.38. The first-order chi connectivity index (χ1) is 8.33. The van der Waals surface area contributed by atoms with Crippen molar-refractivity contribution in [2.24, 2.45) is 0 Å². The molecule has 0 spiro atoms. The van der Waals surface area contributed by atoms with Crippen molar-refractivity contribution in [3.63, 3.8) is 0 Å². The van der Waals surface area contributed by atoms with Gasteiger partial charge in [0.05, 0.1) is 0 Å². The summed E-state index contributed by atoms with van der Waals surface area (Å²) in [5.74, 6) is 0.